The van der Waals surface area contributed by atoms with E-state index >= 15 is 0 Å². The highest BCUT2D eigenvalue weighted by atomic mass is 16.5. The number of rotatable bonds is 6. The van der Waals surface area contributed by atoms with Gasteiger partial charge in [-0.15, -0.1) is 10.2 Å². The van der Waals surface area contributed by atoms with Crippen molar-refractivity contribution in [1.82, 2.24) is 19.7 Å². The summed E-state index contributed by atoms with van der Waals surface area (Å²) in [6.45, 7) is 6.31. The molecule has 0 spiro atoms. The molecule has 6 heteroatoms. The van der Waals surface area contributed by atoms with Gasteiger partial charge in [-0.3, -0.25) is 4.79 Å². The molecule has 0 aliphatic carbocycles. The largest absolute Gasteiger partial charge is 0.367 e. The van der Waals surface area contributed by atoms with Gasteiger partial charge in [0.25, 0.3) is 0 Å². The summed E-state index contributed by atoms with van der Waals surface area (Å²) in [6.07, 6.45) is 3.81. The van der Waals surface area contributed by atoms with Crippen LogP contribution in [-0.2, 0) is 16.1 Å². The molecule has 0 saturated carbocycles. The van der Waals surface area contributed by atoms with Crippen molar-refractivity contribution in [2.45, 2.75) is 45.3 Å². The molecular formula is C19H26N4O2. The number of piperidine rings is 1. The van der Waals surface area contributed by atoms with Crippen LogP contribution < -0.4 is 0 Å². The van der Waals surface area contributed by atoms with E-state index in [4.69, 9.17) is 4.74 Å². The van der Waals surface area contributed by atoms with Crippen molar-refractivity contribution >= 4 is 5.91 Å². The van der Waals surface area contributed by atoms with Crippen LogP contribution in [-0.4, -0.2) is 45.3 Å². The maximum Gasteiger partial charge on any atom is 0.248 e. The number of nitrogens with zero attached hydrogens (tertiary/aromatic N) is 4. The minimum atomic E-state index is 0.0521. The molecule has 2 heterocycles. The summed E-state index contributed by atoms with van der Waals surface area (Å²) in [5.41, 5.74) is 1.08. The summed E-state index contributed by atoms with van der Waals surface area (Å²) < 4.78 is 7.70. The molecule has 3 rings (SSSR count). The van der Waals surface area contributed by atoms with Gasteiger partial charge in [0.2, 0.25) is 5.91 Å². The van der Waals surface area contributed by atoms with E-state index in [2.05, 4.69) is 28.6 Å². The Balaban J connectivity index is 1.54. The lowest BCUT2D eigenvalue weighted by Gasteiger charge is -2.32. The standard InChI is InChI=1S/C19H26N4O2/c1-15(2)23-14-20-21-19(23)17-9-6-10-22(11-17)18(24)13-25-12-16-7-4-3-5-8-16/h3-5,7-8,14-15,17H,6,9-13H2,1-2H3/t17-/m1/s1. The molecule has 1 amide bonds. The van der Waals surface area contributed by atoms with Crippen molar-refractivity contribution in [2.75, 3.05) is 19.7 Å². The monoisotopic (exact) mass is 342 g/mol. The first kappa shape index (κ1) is 17.6. The Labute approximate surface area is 148 Å². The zero-order valence-corrected chi connectivity index (χ0v) is 15.0. The first-order valence-corrected chi connectivity index (χ1v) is 8.94. The van der Waals surface area contributed by atoms with Crippen LogP contribution in [0, 0.1) is 0 Å². The fourth-order valence-electron chi connectivity index (χ4n) is 3.28. The van der Waals surface area contributed by atoms with Crippen LogP contribution in [0.4, 0.5) is 0 Å². The molecular weight excluding hydrogens is 316 g/mol. The lowest BCUT2D eigenvalue weighted by Crippen LogP contribution is -2.41. The summed E-state index contributed by atoms with van der Waals surface area (Å²) in [7, 11) is 0. The second kappa shape index (κ2) is 8.25. The predicted molar refractivity (Wildman–Crippen MR) is 95.1 cm³/mol. The summed E-state index contributed by atoms with van der Waals surface area (Å²) in [4.78, 5) is 14.4. The Hall–Kier alpha value is -2.21. The van der Waals surface area contributed by atoms with Gasteiger partial charge in [-0.05, 0) is 32.3 Å². The number of hydrogen-bond donors (Lipinski definition) is 0. The minimum Gasteiger partial charge on any atom is -0.367 e. The average molecular weight is 342 g/mol. The van der Waals surface area contributed by atoms with E-state index in [1.54, 1.807) is 6.33 Å². The number of amides is 1. The van der Waals surface area contributed by atoms with E-state index in [1.165, 1.54) is 0 Å². The molecule has 2 aromatic rings. The number of ether oxygens (including phenoxy) is 1. The van der Waals surface area contributed by atoms with Gasteiger partial charge in [-0.2, -0.15) is 0 Å². The van der Waals surface area contributed by atoms with Crippen molar-refractivity contribution in [3.05, 3.63) is 48.0 Å². The van der Waals surface area contributed by atoms with Crippen molar-refractivity contribution in [2.24, 2.45) is 0 Å². The van der Waals surface area contributed by atoms with Gasteiger partial charge >= 0.3 is 0 Å². The normalized spacial score (nSPS) is 17.9. The first-order valence-electron chi connectivity index (χ1n) is 8.94. The van der Waals surface area contributed by atoms with Gasteiger partial charge in [-0.25, -0.2) is 0 Å². The van der Waals surface area contributed by atoms with Crippen LogP contribution in [0.3, 0.4) is 0 Å². The smallest absolute Gasteiger partial charge is 0.248 e. The Morgan fingerprint density at radius 2 is 2.12 bits per heavy atom. The van der Waals surface area contributed by atoms with E-state index in [0.29, 0.717) is 19.2 Å². The highest BCUT2D eigenvalue weighted by Crippen LogP contribution is 2.27. The topological polar surface area (TPSA) is 60.2 Å². The molecule has 1 aliphatic rings. The molecule has 1 atom stereocenters. The second-order valence-electron chi connectivity index (χ2n) is 6.85. The van der Waals surface area contributed by atoms with Crippen LogP contribution in [0.15, 0.2) is 36.7 Å². The molecule has 0 bridgehead atoms. The third-order valence-corrected chi connectivity index (χ3v) is 4.63. The molecule has 6 nitrogen and oxygen atoms in total. The van der Waals surface area contributed by atoms with Crippen LogP contribution in [0.5, 0.6) is 0 Å². The summed E-state index contributed by atoms with van der Waals surface area (Å²) in [5.74, 6) is 1.28. The number of aromatic nitrogens is 3. The fourth-order valence-corrected chi connectivity index (χ4v) is 3.28. The van der Waals surface area contributed by atoms with E-state index < -0.39 is 0 Å². The van der Waals surface area contributed by atoms with Crippen LogP contribution >= 0.6 is 0 Å². The van der Waals surface area contributed by atoms with Crippen LogP contribution in [0.2, 0.25) is 0 Å². The molecule has 25 heavy (non-hydrogen) atoms. The van der Waals surface area contributed by atoms with E-state index in [-0.39, 0.29) is 18.4 Å². The van der Waals surface area contributed by atoms with Gasteiger partial charge in [0.1, 0.15) is 18.8 Å². The molecule has 1 aromatic heterocycles. The average Bonchev–Trinajstić information content (AvgIpc) is 3.13. The lowest BCUT2D eigenvalue weighted by molar-refractivity contribution is -0.137. The lowest BCUT2D eigenvalue weighted by atomic mass is 9.97. The maximum atomic E-state index is 12.5. The quantitative estimate of drug-likeness (QED) is 0.810. The van der Waals surface area contributed by atoms with Gasteiger partial charge in [0, 0.05) is 25.0 Å². The van der Waals surface area contributed by atoms with Crippen LogP contribution in [0.1, 0.15) is 50.0 Å². The second-order valence-corrected chi connectivity index (χ2v) is 6.85. The molecule has 1 aromatic carbocycles. The summed E-state index contributed by atoms with van der Waals surface area (Å²) >= 11 is 0. The number of hydrogen-bond acceptors (Lipinski definition) is 4. The van der Waals surface area contributed by atoms with Crippen molar-refractivity contribution in [3.8, 4) is 0 Å². The van der Waals surface area contributed by atoms with E-state index in [0.717, 1.165) is 30.8 Å². The van der Waals surface area contributed by atoms with E-state index in [1.807, 2.05) is 35.2 Å². The van der Waals surface area contributed by atoms with Gasteiger partial charge in [0.05, 0.1) is 6.61 Å². The summed E-state index contributed by atoms with van der Waals surface area (Å²) in [6, 6.07) is 10.2. The Morgan fingerprint density at radius 3 is 2.88 bits per heavy atom. The molecule has 134 valence electrons. The first-order chi connectivity index (χ1) is 12.1. The summed E-state index contributed by atoms with van der Waals surface area (Å²) in [5, 5.41) is 8.36. The Bertz CT molecular complexity index is 684. The SMILES string of the molecule is CC(C)n1cnnc1[C@@H]1CCCN(C(=O)COCc2ccccc2)C1. The fraction of sp³-hybridized carbons (Fsp3) is 0.526. The Kier molecular flexibility index (Phi) is 5.81. The molecule has 0 radical (unpaired) electrons. The van der Waals surface area contributed by atoms with Gasteiger partial charge < -0.3 is 14.2 Å². The van der Waals surface area contributed by atoms with Crippen LogP contribution in [0.25, 0.3) is 0 Å². The van der Waals surface area contributed by atoms with Crippen molar-refractivity contribution in [1.29, 1.82) is 0 Å². The number of carbonyl (C=O) groups is 1. The van der Waals surface area contributed by atoms with E-state index in [9.17, 15) is 4.79 Å². The zero-order chi connectivity index (χ0) is 17.6. The number of likely N-dealkylation sites (tertiary alicyclic amines) is 1. The third kappa shape index (κ3) is 4.45. The highest BCUT2D eigenvalue weighted by Gasteiger charge is 2.28. The third-order valence-electron chi connectivity index (χ3n) is 4.63. The molecule has 0 unspecified atom stereocenters. The van der Waals surface area contributed by atoms with Gasteiger partial charge in [-0.1, -0.05) is 30.3 Å². The van der Waals surface area contributed by atoms with Crippen molar-refractivity contribution in [3.63, 3.8) is 0 Å². The predicted octanol–water partition coefficient (Wildman–Crippen LogP) is 2.78. The number of carbonyl (C=O) groups excluding carboxylic acids is 1. The number of benzene rings is 1. The minimum absolute atomic E-state index is 0.0521. The highest BCUT2D eigenvalue weighted by molar-refractivity contribution is 5.77. The van der Waals surface area contributed by atoms with Gasteiger partial charge in [0.15, 0.2) is 0 Å². The van der Waals surface area contributed by atoms with Crippen molar-refractivity contribution < 1.29 is 9.53 Å². The molecule has 1 fully saturated rings. The molecule has 1 aliphatic heterocycles. The zero-order valence-electron chi connectivity index (χ0n) is 15.0. The molecule has 0 N–H and O–H groups in total. The molecule has 1 saturated heterocycles. The Morgan fingerprint density at radius 1 is 1.32 bits per heavy atom. The maximum absolute atomic E-state index is 12.5.